The van der Waals surface area contributed by atoms with Crippen LogP contribution in [0.15, 0.2) is 79.3 Å². The van der Waals surface area contributed by atoms with Crippen LogP contribution in [-0.4, -0.2) is 58.3 Å². The minimum Gasteiger partial charge on any atom is -0.420 e. The summed E-state index contributed by atoms with van der Waals surface area (Å²) < 4.78 is 10.3. The summed E-state index contributed by atoms with van der Waals surface area (Å²) in [6.45, 7) is 4.89. The summed E-state index contributed by atoms with van der Waals surface area (Å²) in [6.07, 6.45) is 6.07. The molecule has 2 unspecified atom stereocenters. The van der Waals surface area contributed by atoms with E-state index in [9.17, 15) is 9.59 Å². The van der Waals surface area contributed by atoms with Crippen LogP contribution in [0.3, 0.4) is 0 Å². The summed E-state index contributed by atoms with van der Waals surface area (Å²) in [4.78, 5) is 40.4. The maximum absolute atomic E-state index is 13.1. The molecule has 2 N–H and O–H groups in total. The van der Waals surface area contributed by atoms with Crippen molar-refractivity contribution in [3.8, 4) is 11.3 Å². The van der Waals surface area contributed by atoms with Gasteiger partial charge in [0.15, 0.2) is 0 Å². The summed E-state index contributed by atoms with van der Waals surface area (Å²) >= 11 is 0. The summed E-state index contributed by atoms with van der Waals surface area (Å²) in [6, 6.07) is 18.9. The highest BCUT2D eigenvalue weighted by molar-refractivity contribution is 6.05. The number of hydrogen-bond donors (Lipinski definition) is 2. The third-order valence-corrected chi connectivity index (χ3v) is 7.28. The van der Waals surface area contributed by atoms with Gasteiger partial charge in [0, 0.05) is 67.2 Å². The van der Waals surface area contributed by atoms with Crippen LogP contribution in [0.2, 0.25) is 0 Å². The molecule has 1 fully saturated rings. The molecule has 0 radical (unpaired) electrons. The summed E-state index contributed by atoms with van der Waals surface area (Å²) in [7, 11) is 1.51. The zero-order valence-electron chi connectivity index (χ0n) is 23.9. The van der Waals surface area contributed by atoms with Crippen LogP contribution >= 0.6 is 0 Å². The number of ether oxygens (including phenoxy) is 2. The zero-order chi connectivity index (χ0) is 29.5. The highest BCUT2D eigenvalue weighted by atomic mass is 16.7. The maximum atomic E-state index is 13.1. The highest BCUT2D eigenvalue weighted by Crippen LogP contribution is 2.29. The molecular formula is C32H34N6O4. The molecule has 2 aromatic carbocycles. The standard InChI is InChI=1S/C32H34N6O4/c1-21-8-9-24(18-29(21)37-31-34-16-14-28(36-31)25-6-4-15-33-19-25)30(39)35-27-12-10-23(11-13-27)26-7-5-17-38(20-26)32(40)42-22(2)41-3/h4,6,8-16,18-19,22,26H,5,7,17,20H2,1-3H3,(H,35,39)(H,34,36,37). The van der Waals surface area contributed by atoms with E-state index < -0.39 is 6.29 Å². The first-order valence-electron chi connectivity index (χ1n) is 13.9. The number of amides is 2. The summed E-state index contributed by atoms with van der Waals surface area (Å²) in [5, 5.41) is 6.23. The van der Waals surface area contributed by atoms with Crippen molar-refractivity contribution in [3.63, 3.8) is 0 Å². The molecule has 3 heterocycles. The fourth-order valence-electron chi connectivity index (χ4n) is 4.83. The van der Waals surface area contributed by atoms with E-state index in [0.29, 0.717) is 30.3 Å². The van der Waals surface area contributed by atoms with Gasteiger partial charge in [0.1, 0.15) is 0 Å². The van der Waals surface area contributed by atoms with Crippen LogP contribution in [0.4, 0.5) is 22.1 Å². The van der Waals surface area contributed by atoms with Crippen molar-refractivity contribution in [2.45, 2.75) is 38.9 Å². The summed E-state index contributed by atoms with van der Waals surface area (Å²) in [5.74, 6) is 0.392. The first kappa shape index (κ1) is 28.7. The number of nitrogens with zero attached hydrogens (tertiary/aromatic N) is 4. The van der Waals surface area contributed by atoms with Crippen molar-refractivity contribution in [3.05, 3.63) is 95.9 Å². The van der Waals surface area contributed by atoms with Crippen LogP contribution in [0.5, 0.6) is 0 Å². The predicted octanol–water partition coefficient (Wildman–Crippen LogP) is 6.15. The van der Waals surface area contributed by atoms with Crippen molar-refractivity contribution in [2.24, 2.45) is 0 Å². The molecule has 5 rings (SSSR count). The minimum absolute atomic E-state index is 0.193. The van der Waals surface area contributed by atoms with Gasteiger partial charge in [0.05, 0.1) is 5.69 Å². The van der Waals surface area contributed by atoms with E-state index in [1.807, 2.05) is 55.5 Å². The molecular weight excluding hydrogens is 532 g/mol. The Balaban J connectivity index is 1.22. The zero-order valence-corrected chi connectivity index (χ0v) is 23.9. The lowest BCUT2D eigenvalue weighted by atomic mass is 9.90. The molecule has 42 heavy (non-hydrogen) atoms. The lowest BCUT2D eigenvalue weighted by molar-refractivity contribution is -0.0792. The molecule has 1 saturated heterocycles. The maximum Gasteiger partial charge on any atom is 0.412 e. The van der Waals surface area contributed by atoms with Gasteiger partial charge in [-0.2, -0.15) is 0 Å². The first-order chi connectivity index (χ1) is 20.4. The lowest BCUT2D eigenvalue weighted by Crippen LogP contribution is -2.40. The Morgan fingerprint density at radius 2 is 1.90 bits per heavy atom. The van der Waals surface area contributed by atoms with E-state index in [2.05, 4.69) is 25.6 Å². The van der Waals surface area contributed by atoms with Gasteiger partial charge < -0.3 is 25.0 Å². The third-order valence-electron chi connectivity index (χ3n) is 7.28. The van der Waals surface area contributed by atoms with Gasteiger partial charge in [-0.15, -0.1) is 0 Å². The average Bonchev–Trinajstić information content (AvgIpc) is 3.03. The largest absolute Gasteiger partial charge is 0.420 e. The van der Waals surface area contributed by atoms with Crippen molar-refractivity contribution in [1.82, 2.24) is 19.9 Å². The van der Waals surface area contributed by atoms with E-state index >= 15 is 0 Å². The molecule has 2 amide bonds. The summed E-state index contributed by atoms with van der Waals surface area (Å²) in [5.41, 5.74) is 5.63. The number of rotatable bonds is 8. The number of methoxy groups -OCH3 is 1. The molecule has 216 valence electrons. The topological polar surface area (TPSA) is 119 Å². The lowest BCUT2D eigenvalue weighted by Gasteiger charge is -2.33. The molecule has 0 bridgehead atoms. The number of likely N-dealkylation sites (tertiary alicyclic amines) is 1. The minimum atomic E-state index is -0.585. The Kier molecular flexibility index (Phi) is 9.03. The van der Waals surface area contributed by atoms with Crippen LogP contribution in [0.25, 0.3) is 11.3 Å². The van der Waals surface area contributed by atoms with Crippen LogP contribution in [0.1, 0.15) is 47.2 Å². The molecule has 10 nitrogen and oxygen atoms in total. The number of carbonyl (C=O) groups is 2. The van der Waals surface area contributed by atoms with Crippen LogP contribution < -0.4 is 10.6 Å². The van der Waals surface area contributed by atoms with Gasteiger partial charge in [-0.1, -0.05) is 18.2 Å². The number of pyridine rings is 1. The average molecular weight is 567 g/mol. The number of hydrogen-bond acceptors (Lipinski definition) is 8. The van der Waals surface area contributed by atoms with Gasteiger partial charge in [-0.25, -0.2) is 14.8 Å². The number of anilines is 3. The molecule has 2 atom stereocenters. The second-order valence-corrected chi connectivity index (χ2v) is 10.2. The number of aryl methyl sites for hydroxylation is 1. The monoisotopic (exact) mass is 566 g/mol. The molecule has 10 heteroatoms. The van der Waals surface area contributed by atoms with Gasteiger partial charge in [0.2, 0.25) is 12.2 Å². The smallest absolute Gasteiger partial charge is 0.412 e. The Morgan fingerprint density at radius 1 is 1.07 bits per heavy atom. The Hall–Kier alpha value is -4.83. The molecule has 1 aliphatic rings. The highest BCUT2D eigenvalue weighted by Gasteiger charge is 2.26. The van der Waals surface area contributed by atoms with E-state index in [1.165, 1.54) is 7.11 Å². The van der Waals surface area contributed by atoms with Crippen molar-refractivity contribution >= 4 is 29.3 Å². The van der Waals surface area contributed by atoms with Gasteiger partial charge in [-0.05, 0) is 80.3 Å². The molecule has 0 saturated carbocycles. The predicted molar refractivity (Wildman–Crippen MR) is 161 cm³/mol. The Labute approximate surface area is 245 Å². The van der Waals surface area contributed by atoms with Crippen molar-refractivity contribution in [1.29, 1.82) is 0 Å². The molecule has 1 aliphatic heterocycles. The number of piperidine rings is 1. The Bertz CT molecular complexity index is 1530. The molecule has 4 aromatic rings. The second-order valence-electron chi connectivity index (χ2n) is 10.2. The Morgan fingerprint density at radius 3 is 2.67 bits per heavy atom. The van der Waals surface area contributed by atoms with Gasteiger partial charge >= 0.3 is 6.09 Å². The van der Waals surface area contributed by atoms with Crippen molar-refractivity contribution in [2.75, 3.05) is 30.8 Å². The van der Waals surface area contributed by atoms with Crippen molar-refractivity contribution < 1.29 is 19.1 Å². The first-order valence-corrected chi connectivity index (χ1v) is 13.9. The number of aromatic nitrogens is 3. The fourth-order valence-corrected chi connectivity index (χ4v) is 4.83. The molecule has 0 spiro atoms. The van der Waals surface area contributed by atoms with Crippen LogP contribution in [-0.2, 0) is 9.47 Å². The molecule has 0 aliphatic carbocycles. The fraction of sp³-hybridized carbons (Fsp3) is 0.281. The van der Waals surface area contributed by atoms with E-state index in [4.69, 9.17) is 9.47 Å². The number of benzene rings is 2. The second kappa shape index (κ2) is 13.2. The SMILES string of the molecule is COC(C)OC(=O)N1CCCC(c2ccc(NC(=O)c3ccc(C)c(Nc4nccc(-c5cccnc5)n4)c3)cc2)C1. The number of nitrogens with one attached hydrogen (secondary N) is 2. The van der Waals surface area contributed by atoms with E-state index in [1.54, 1.807) is 42.5 Å². The number of carbonyl (C=O) groups excluding carboxylic acids is 2. The molecule has 2 aromatic heterocycles. The van der Waals surface area contributed by atoms with Gasteiger partial charge in [-0.3, -0.25) is 9.78 Å². The van der Waals surface area contributed by atoms with E-state index in [-0.39, 0.29) is 17.9 Å². The van der Waals surface area contributed by atoms with Crippen LogP contribution in [0, 0.1) is 6.92 Å². The third kappa shape index (κ3) is 7.08. The normalized spacial score (nSPS) is 15.5. The quantitative estimate of drug-likeness (QED) is 0.244. The van der Waals surface area contributed by atoms with E-state index in [0.717, 1.165) is 40.9 Å². The van der Waals surface area contributed by atoms with Gasteiger partial charge in [0.25, 0.3) is 5.91 Å².